The smallest absolute Gasteiger partial charge is 0.331 e. The summed E-state index contributed by atoms with van der Waals surface area (Å²) in [6, 6.07) is 0. The highest BCUT2D eigenvalue weighted by molar-refractivity contribution is 5.89. The number of hydrogen-bond donors (Lipinski definition) is 0. The zero-order valence-electron chi connectivity index (χ0n) is 14.5. The summed E-state index contributed by atoms with van der Waals surface area (Å²) in [6.07, 6.45) is 7.26. The molecule has 4 aliphatic rings. The molecular formula is C20H22O5. The molecule has 1 aliphatic heterocycles. The number of aldehydes is 1. The lowest BCUT2D eigenvalue weighted by Crippen LogP contribution is -2.49. The van der Waals surface area contributed by atoms with Gasteiger partial charge in [-0.15, -0.1) is 0 Å². The summed E-state index contributed by atoms with van der Waals surface area (Å²) in [5, 5.41) is 0. The van der Waals surface area contributed by atoms with Gasteiger partial charge in [-0.25, -0.2) is 4.79 Å². The minimum atomic E-state index is -0.642. The van der Waals surface area contributed by atoms with E-state index in [1.807, 2.05) is 19.1 Å². The largest absolute Gasteiger partial charge is 0.457 e. The van der Waals surface area contributed by atoms with Gasteiger partial charge in [-0.2, -0.15) is 0 Å². The molecule has 0 radical (unpaired) electrons. The third-order valence-corrected chi connectivity index (χ3v) is 6.65. The molecule has 0 aromatic rings. The molecule has 2 saturated carbocycles. The molecular weight excluding hydrogens is 320 g/mol. The molecule has 132 valence electrons. The first kappa shape index (κ1) is 16.3. The predicted molar refractivity (Wildman–Crippen MR) is 89.2 cm³/mol. The van der Waals surface area contributed by atoms with Gasteiger partial charge in [0, 0.05) is 17.4 Å². The lowest BCUT2D eigenvalue weighted by atomic mass is 9.56. The lowest BCUT2D eigenvalue weighted by Gasteiger charge is -2.45. The van der Waals surface area contributed by atoms with Crippen molar-refractivity contribution in [1.29, 1.82) is 0 Å². The van der Waals surface area contributed by atoms with Gasteiger partial charge in [0.2, 0.25) is 0 Å². The second-order valence-electron chi connectivity index (χ2n) is 7.98. The van der Waals surface area contributed by atoms with Crippen LogP contribution in [-0.2, 0) is 23.9 Å². The number of rotatable bonds is 4. The van der Waals surface area contributed by atoms with Crippen molar-refractivity contribution >= 4 is 18.2 Å². The van der Waals surface area contributed by atoms with Gasteiger partial charge in [-0.3, -0.25) is 9.59 Å². The standard InChI is InChI=1S/C20H22O5/c1-4-12-8-14(24-15(22)7-11(2)10-21)16-17-19(3,18(23)25-16)6-5-13-9-20(12,13)17/h4,7-8,10,13-14,16-17H,1,5-6,9H2,2-3H3/b11-7+/t13-,14-,16+,17-,19-,20-/m0/s1. The Bertz CT molecular complexity index is 747. The minimum absolute atomic E-state index is 0.0122. The summed E-state index contributed by atoms with van der Waals surface area (Å²) >= 11 is 0. The molecule has 6 atom stereocenters. The summed E-state index contributed by atoms with van der Waals surface area (Å²) in [5.41, 5.74) is 0.776. The summed E-state index contributed by atoms with van der Waals surface area (Å²) in [4.78, 5) is 35.4. The Hall–Kier alpha value is -2.17. The first-order valence-corrected chi connectivity index (χ1v) is 8.76. The van der Waals surface area contributed by atoms with Crippen LogP contribution >= 0.6 is 0 Å². The Balaban J connectivity index is 1.72. The van der Waals surface area contributed by atoms with Crippen molar-refractivity contribution < 1.29 is 23.9 Å². The highest BCUT2D eigenvalue weighted by Gasteiger charge is 2.76. The molecule has 0 bridgehead atoms. The minimum Gasteiger partial charge on any atom is -0.457 e. The average molecular weight is 342 g/mol. The molecule has 25 heavy (non-hydrogen) atoms. The lowest BCUT2D eigenvalue weighted by molar-refractivity contribution is -0.157. The van der Waals surface area contributed by atoms with E-state index < -0.39 is 23.6 Å². The summed E-state index contributed by atoms with van der Waals surface area (Å²) < 4.78 is 11.3. The van der Waals surface area contributed by atoms with Gasteiger partial charge in [0.15, 0.2) is 6.10 Å². The maximum Gasteiger partial charge on any atom is 0.331 e. The highest BCUT2D eigenvalue weighted by Crippen LogP contribution is 2.76. The number of carbonyl (C=O) groups is 3. The number of hydrogen-bond acceptors (Lipinski definition) is 5. The van der Waals surface area contributed by atoms with Gasteiger partial charge in [0.25, 0.3) is 0 Å². The van der Waals surface area contributed by atoms with Crippen molar-refractivity contribution in [3.8, 4) is 0 Å². The van der Waals surface area contributed by atoms with E-state index in [-0.39, 0.29) is 17.3 Å². The van der Waals surface area contributed by atoms with Gasteiger partial charge in [0.1, 0.15) is 12.4 Å². The highest BCUT2D eigenvalue weighted by atomic mass is 16.6. The van der Waals surface area contributed by atoms with Crippen LogP contribution in [0.5, 0.6) is 0 Å². The summed E-state index contributed by atoms with van der Waals surface area (Å²) in [7, 11) is 0. The van der Waals surface area contributed by atoms with Crippen molar-refractivity contribution in [2.24, 2.45) is 22.7 Å². The molecule has 3 aliphatic carbocycles. The normalized spacial score (nSPS) is 44.0. The van der Waals surface area contributed by atoms with E-state index in [1.165, 1.54) is 6.92 Å². The van der Waals surface area contributed by atoms with Crippen molar-refractivity contribution in [3.63, 3.8) is 0 Å². The van der Waals surface area contributed by atoms with Gasteiger partial charge < -0.3 is 9.47 Å². The molecule has 0 aromatic heterocycles. The molecule has 0 aromatic carbocycles. The number of carbonyl (C=O) groups excluding carboxylic acids is 3. The molecule has 1 saturated heterocycles. The van der Waals surface area contributed by atoms with Crippen LogP contribution < -0.4 is 0 Å². The fourth-order valence-corrected chi connectivity index (χ4v) is 5.46. The van der Waals surface area contributed by atoms with E-state index in [1.54, 1.807) is 0 Å². The van der Waals surface area contributed by atoms with E-state index in [0.29, 0.717) is 17.8 Å². The Morgan fingerprint density at radius 2 is 2.24 bits per heavy atom. The van der Waals surface area contributed by atoms with Gasteiger partial charge in [0.05, 0.1) is 5.41 Å². The van der Waals surface area contributed by atoms with E-state index in [2.05, 4.69) is 6.58 Å². The van der Waals surface area contributed by atoms with Crippen LogP contribution in [0.15, 0.2) is 36.0 Å². The molecule has 0 N–H and O–H groups in total. The maximum atomic E-state index is 12.6. The van der Waals surface area contributed by atoms with Crippen molar-refractivity contribution in [2.75, 3.05) is 0 Å². The van der Waals surface area contributed by atoms with Crippen LogP contribution in [0.1, 0.15) is 33.1 Å². The quantitative estimate of drug-likeness (QED) is 0.446. The van der Waals surface area contributed by atoms with Gasteiger partial charge in [-0.1, -0.05) is 12.7 Å². The second-order valence-corrected chi connectivity index (χ2v) is 7.98. The zero-order valence-corrected chi connectivity index (χ0v) is 14.5. The van der Waals surface area contributed by atoms with Crippen molar-refractivity contribution in [3.05, 3.63) is 36.0 Å². The predicted octanol–water partition coefficient (Wildman–Crippen LogP) is 2.52. The average Bonchev–Trinajstić information content (AvgIpc) is 3.23. The van der Waals surface area contributed by atoms with E-state index in [0.717, 1.165) is 30.9 Å². The molecule has 0 amide bonds. The van der Waals surface area contributed by atoms with Crippen LogP contribution in [0.3, 0.4) is 0 Å². The Kier molecular flexibility index (Phi) is 3.37. The Morgan fingerprint density at radius 1 is 1.48 bits per heavy atom. The third-order valence-electron chi connectivity index (χ3n) is 6.65. The van der Waals surface area contributed by atoms with E-state index >= 15 is 0 Å². The maximum absolute atomic E-state index is 12.6. The molecule has 5 heteroatoms. The first-order chi connectivity index (χ1) is 11.9. The molecule has 4 rings (SSSR count). The molecule has 1 heterocycles. The van der Waals surface area contributed by atoms with Crippen LogP contribution in [0.25, 0.3) is 0 Å². The van der Waals surface area contributed by atoms with Crippen LogP contribution in [0, 0.1) is 22.7 Å². The molecule has 3 fully saturated rings. The van der Waals surface area contributed by atoms with Crippen LogP contribution in [-0.4, -0.2) is 30.4 Å². The second kappa shape index (κ2) is 5.16. The molecule has 5 nitrogen and oxygen atoms in total. The Labute approximate surface area is 146 Å². The SMILES string of the molecule is C=CC1=C[C@H](OC(=O)/C=C(\C)C=O)[C@H]2OC(=O)[C@@]3(C)CC[C@H]4C[C@]14[C@@H]23. The fraction of sp³-hybridized carbons (Fsp3) is 0.550. The zero-order chi connectivity index (χ0) is 18.0. The van der Waals surface area contributed by atoms with Crippen LogP contribution in [0.4, 0.5) is 0 Å². The van der Waals surface area contributed by atoms with Gasteiger partial charge in [-0.05, 0) is 56.3 Å². The topological polar surface area (TPSA) is 69.7 Å². The first-order valence-electron chi connectivity index (χ1n) is 8.76. The molecule has 0 unspecified atom stereocenters. The summed E-state index contributed by atoms with van der Waals surface area (Å²) in [5.74, 6) is -0.219. The van der Waals surface area contributed by atoms with E-state index in [4.69, 9.17) is 9.47 Å². The van der Waals surface area contributed by atoms with Gasteiger partial charge >= 0.3 is 11.9 Å². The van der Waals surface area contributed by atoms with Crippen molar-refractivity contribution in [2.45, 2.75) is 45.3 Å². The third kappa shape index (κ3) is 2.04. The Morgan fingerprint density at radius 3 is 2.92 bits per heavy atom. The fourth-order valence-electron chi connectivity index (χ4n) is 5.46. The van der Waals surface area contributed by atoms with E-state index in [9.17, 15) is 14.4 Å². The number of allylic oxidation sites excluding steroid dienone is 3. The van der Waals surface area contributed by atoms with Crippen LogP contribution in [0.2, 0.25) is 0 Å². The number of esters is 2. The van der Waals surface area contributed by atoms with Crippen molar-refractivity contribution in [1.82, 2.24) is 0 Å². The monoisotopic (exact) mass is 342 g/mol. The summed E-state index contributed by atoms with van der Waals surface area (Å²) in [6.45, 7) is 7.47. The number of ether oxygens (including phenoxy) is 2. The molecule has 1 spiro atoms.